The average Bonchev–Trinajstić information content (AvgIpc) is 2.32. The van der Waals surface area contributed by atoms with Gasteiger partial charge in [-0.05, 0) is 45.8 Å². The van der Waals surface area contributed by atoms with Crippen LogP contribution in [0, 0.1) is 5.82 Å². The van der Waals surface area contributed by atoms with Crippen molar-refractivity contribution >= 4 is 39.1 Å². The van der Waals surface area contributed by atoms with Crippen molar-refractivity contribution in [1.82, 2.24) is 0 Å². The molecule has 0 spiro atoms. The predicted octanol–water partition coefficient (Wildman–Crippen LogP) is 4.98. The van der Waals surface area contributed by atoms with Crippen LogP contribution in [0.25, 0.3) is 0 Å². The minimum Gasteiger partial charge on any atom is -0.384 e. The lowest BCUT2D eigenvalue weighted by Gasteiger charge is -2.14. The molecule has 94 valence electrons. The molecule has 0 radical (unpaired) electrons. The van der Waals surface area contributed by atoms with Crippen molar-refractivity contribution in [2.75, 3.05) is 0 Å². The van der Waals surface area contributed by atoms with E-state index in [-0.39, 0.29) is 5.82 Å². The van der Waals surface area contributed by atoms with Crippen molar-refractivity contribution in [3.8, 4) is 0 Å². The van der Waals surface area contributed by atoms with Gasteiger partial charge in [-0.15, -0.1) is 0 Å². The first-order valence-corrected chi connectivity index (χ1v) is 6.62. The van der Waals surface area contributed by atoms with Crippen LogP contribution in [0.3, 0.4) is 0 Å². The van der Waals surface area contributed by atoms with Crippen molar-refractivity contribution in [2.24, 2.45) is 0 Å². The van der Waals surface area contributed by atoms with Gasteiger partial charge in [0.15, 0.2) is 0 Å². The molecule has 2 aromatic carbocycles. The van der Waals surface area contributed by atoms with Crippen molar-refractivity contribution in [3.63, 3.8) is 0 Å². The topological polar surface area (TPSA) is 20.2 Å². The SMILES string of the molecule is OC(c1ccc(F)c(Br)c1)c1ccc(Cl)cc1Cl. The summed E-state index contributed by atoms with van der Waals surface area (Å²) in [5.74, 6) is -0.381. The van der Waals surface area contributed by atoms with E-state index in [2.05, 4.69) is 15.9 Å². The van der Waals surface area contributed by atoms with Crippen molar-refractivity contribution in [1.29, 1.82) is 0 Å². The van der Waals surface area contributed by atoms with Gasteiger partial charge in [-0.3, -0.25) is 0 Å². The molecule has 5 heteroatoms. The number of aliphatic hydroxyl groups excluding tert-OH is 1. The Kier molecular flexibility index (Phi) is 4.28. The maximum Gasteiger partial charge on any atom is 0.137 e. The molecule has 0 amide bonds. The zero-order valence-electron chi connectivity index (χ0n) is 9.00. The van der Waals surface area contributed by atoms with Crippen LogP contribution in [-0.4, -0.2) is 5.11 Å². The van der Waals surface area contributed by atoms with Crippen LogP contribution in [-0.2, 0) is 0 Å². The molecule has 0 aliphatic carbocycles. The maximum atomic E-state index is 13.1. The third-order valence-electron chi connectivity index (χ3n) is 2.52. The van der Waals surface area contributed by atoms with Crippen LogP contribution in [0.15, 0.2) is 40.9 Å². The molecule has 1 N–H and O–H groups in total. The lowest BCUT2D eigenvalue weighted by atomic mass is 10.0. The first-order valence-electron chi connectivity index (χ1n) is 5.07. The molecule has 18 heavy (non-hydrogen) atoms. The molecule has 1 nitrogen and oxygen atoms in total. The van der Waals surface area contributed by atoms with Gasteiger partial charge in [0.05, 0.1) is 4.47 Å². The number of hydrogen-bond donors (Lipinski definition) is 1. The van der Waals surface area contributed by atoms with Gasteiger partial charge in [-0.2, -0.15) is 0 Å². The van der Waals surface area contributed by atoms with E-state index < -0.39 is 6.10 Å². The molecule has 0 aliphatic rings. The summed E-state index contributed by atoms with van der Waals surface area (Å²) in [5, 5.41) is 11.1. The van der Waals surface area contributed by atoms with E-state index >= 15 is 0 Å². The standard InChI is InChI=1S/C13H8BrCl2FO/c14-10-5-7(1-4-12(10)17)13(18)9-3-2-8(15)6-11(9)16/h1-6,13,18H. The second-order valence-electron chi connectivity index (χ2n) is 3.74. The molecule has 0 fully saturated rings. The number of hydrogen-bond acceptors (Lipinski definition) is 1. The third kappa shape index (κ3) is 2.86. The molecule has 2 aromatic rings. The molecule has 0 bridgehead atoms. The molecule has 0 heterocycles. The van der Waals surface area contributed by atoms with Gasteiger partial charge in [0, 0.05) is 15.6 Å². The van der Waals surface area contributed by atoms with E-state index in [4.69, 9.17) is 23.2 Å². The Labute approximate surface area is 122 Å². The number of benzene rings is 2. The second-order valence-corrected chi connectivity index (χ2v) is 5.44. The number of rotatable bonds is 2. The highest BCUT2D eigenvalue weighted by molar-refractivity contribution is 9.10. The van der Waals surface area contributed by atoms with Crippen LogP contribution < -0.4 is 0 Å². The van der Waals surface area contributed by atoms with E-state index in [0.29, 0.717) is 25.6 Å². The van der Waals surface area contributed by atoms with Crippen LogP contribution in [0.5, 0.6) is 0 Å². The number of halogens is 4. The highest BCUT2D eigenvalue weighted by Gasteiger charge is 2.15. The first kappa shape index (κ1) is 13.8. The summed E-state index contributed by atoms with van der Waals surface area (Å²) >= 11 is 14.9. The van der Waals surface area contributed by atoms with E-state index in [0.717, 1.165) is 0 Å². The maximum absolute atomic E-state index is 13.1. The van der Waals surface area contributed by atoms with Gasteiger partial charge in [-0.1, -0.05) is 35.3 Å². The molecule has 0 saturated carbocycles. The van der Waals surface area contributed by atoms with E-state index in [1.54, 1.807) is 18.2 Å². The fourth-order valence-corrected chi connectivity index (χ4v) is 2.49. The normalized spacial score (nSPS) is 12.5. The quantitative estimate of drug-likeness (QED) is 0.810. The third-order valence-corrected chi connectivity index (χ3v) is 3.69. The van der Waals surface area contributed by atoms with Crippen LogP contribution >= 0.6 is 39.1 Å². The Bertz CT molecular complexity index is 589. The molecule has 1 atom stereocenters. The highest BCUT2D eigenvalue weighted by atomic mass is 79.9. The fourth-order valence-electron chi connectivity index (χ4n) is 1.59. The molecule has 0 aliphatic heterocycles. The van der Waals surface area contributed by atoms with Gasteiger partial charge >= 0.3 is 0 Å². The van der Waals surface area contributed by atoms with Crippen LogP contribution in [0.2, 0.25) is 10.0 Å². The summed E-state index contributed by atoms with van der Waals surface area (Å²) in [4.78, 5) is 0. The van der Waals surface area contributed by atoms with Crippen molar-refractivity contribution in [2.45, 2.75) is 6.10 Å². The summed E-state index contributed by atoms with van der Waals surface area (Å²) in [7, 11) is 0. The Morgan fingerprint density at radius 1 is 1.11 bits per heavy atom. The smallest absolute Gasteiger partial charge is 0.137 e. The van der Waals surface area contributed by atoms with Crippen LogP contribution in [0.4, 0.5) is 4.39 Å². The molecule has 2 rings (SSSR count). The summed E-state index contributed by atoms with van der Waals surface area (Å²) in [6.45, 7) is 0. The van der Waals surface area contributed by atoms with E-state index in [1.807, 2.05) is 0 Å². The average molecular weight is 350 g/mol. The minimum absolute atomic E-state index is 0.295. The van der Waals surface area contributed by atoms with Gasteiger partial charge in [0.2, 0.25) is 0 Å². The summed E-state index contributed by atoms with van der Waals surface area (Å²) in [6, 6.07) is 9.16. The summed E-state index contributed by atoms with van der Waals surface area (Å²) < 4.78 is 13.4. The zero-order chi connectivity index (χ0) is 13.3. The largest absolute Gasteiger partial charge is 0.384 e. The Morgan fingerprint density at radius 3 is 2.44 bits per heavy atom. The molecule has 0 saturated heterocycles. The lowest BCUT2D eigenvalue weighted by molar-refractivity contribution is 0.220. The Morgan fingerprint density at radius 2 is 1.83 bits per heavy atom. The predicted molar refractivity (Wildman–Crippen MR) is 74.6 cm³/mol. The van der Waals surface area contributed by atoms with E-state index in [9.17, 15) is 9.50 Å². The fraction of sp³-hybridized carbons (Fsp3) is 0.0769. The Hall–Kier alpha value is -0.610. The van der Waals surface area contributed by atoms with Gasteiger partial charge in [0.25, 0.3) is 0 Å². The highest BCUT2D eigenvalue weighted by Crippen LogP contribution is 2.31. The summed E-state index contributed by atoms with van der Waals surface area (Å²) in [6.07, 6.45) is -0.924. The van der Waals surface area contributed by atoms with Gasteiger partial charge in [0.1, 0.15) is 11.9 Å². The summed E-state index contributed by atoms with van der Waals surface area (Å²) in [5.41, 5.74) is 1.08. The van der Waals surface area contributed by atoms with Crippen LogP contribution in [0.1, 0.15) is 17.2 Å². The minimum atomic E-state index is -0.924. The number of aliphatic hydroxyl groups is 1. The molecule has 0 aromatic heterocycles. The van der Waals surface area contributed by atoms with Crippen molar-refractivity contribution in [3.05, 3.63) is 67.9 Å². The molecular weight excluding hydrogens is 342 g/mol. The first-order chi connectivity index (χ1) is 8.49. The molecule has 1 unspecified atom stereocenters. The zero-order valence-corrected chi connectivity index (χ0v) is 12.1. The van der Waals surface area contributed by atoms with Crippen molar-refractivity contribution < 1.29 is 9.50 Å². The van der Waals surface area contributed by atoms with Gasteiger partial charge in [-0.25, -0.2) is 4.39 Å². The monoisotopic (exact) mass is 348 g/mol. The molecular formula is C13H8BrCl2FO. The lowest BCUT2D eigenvalue weighted by Crippen LogP contribution is -2.01. The van der Waals surface area contributed by atoms with Gasteiger partial charge < -0.3 is 5.11 Å². The Balaban J connectivity index is 2.41. The second kappa shape index (κ2) is 5.57. The van der Waals surface area contributed by atoms with E-state index in [1.165, 1.54) is 18.2 Å².